The van der Waals surface area contributed by atoms with Gasteiger partial charge in [0.1, 0.15) is 0 Å². The molecule has 2 N–H and O–H groups in total. The molecule has 4 rings (SSSR count). The Morgan fingerprint density at radius 2 is 1.85 bits per heavy atom. The predicted molar refractivity (Wildman–Crippen MR) is 113 cm³/mol. The second kappa shape index (κ2) is 8.06. The van der Waals surface area contributed by atoms with Crippen molar-refractivity contribution in [2.75, 3.05) is 6.54 Å². The predicted octanol–water partition coefficient (Wildman–Crippen LogP) is 5.19. The van der Waals surface area contributed by atoms with Gasteiger partial charge in [0.2, 0.25) is 5.91 Å². The highest BCUT2D eigenvalue weighted by Crippen LogP contribution is 2.30. The number of para-hydroxylation sites is 1. The zero-order valence-corrected chi connectivity index (χ0v) is 15.6. The summed E-state index contributed by atoms with van der Waals surface area (Å²) in [6, 6.07) is 22.5. The standard InChI is InChI=1S/C23H20N2OS/c26-23(13-12-18-9-6-14-27-18)25-15-20(17-7-2-1-3-8-17)21-16-24-22-11-5-4-10-19(21)22/h1-14,16,20,24H,15H2,(H,25,26)/b13-12+/t20-/m0/s1. The molecule has 1 amide bonds. The Kier molecular flexibility index (Phi) is 5.17. The molecule has 0 bridgehead atoms. The number of carbonyl (C=O) groups excluding carboxylic acids is 1. The molecule has 2 aromatic carbocycles. The van der Waals surface area contributed by atoms with Crippen molar-refractivity contribution >= 4 is 34.2 Å². The van der Waals surface area contributed by atoms with Gasteiger partial charge in [-0.3, -0.25) is 4.79 Å². The lowest BCUT2D eigenvalue weighted by molar-refractivity contribution is -0.116. The summed E-state index contributed by atoms with van der Waals surface area (Å²) in [5.41, 5.74) is 3.49. The van der Waals surface area contributed by atoms with Gasteiger partial charge in [-0.15, -0.1) is 11.3 Å². The van der Waals surface area contributed by atoms with Crippen LogP contribution in [0.3, 0.4) is 0 Å². The van der Waals surface area contributed by atoms with Crippen molar-refractivity contribution in [2.24, 2.45) is 0 Å². The minimum Gasteiger partial charge on any atom is -0.361 e. The number of aromatic amines is 1. The Hall–Kier alpha value is -3.11. The fraction of sp³-hybridized carbons (Fsp3) is 0.0870. The first-order valence-corrected chi connectivity index (χ1v) is 9.79. The van der Waals surface area contributed by atoms with Gasteiger partial charge in [-0.1, -0.05) is 54.6 Å². The SMILES string of the molecule is O=C(/C=C/c1cccs1)NC[C@@H](c1ccccc1)c1c[nH]c2ccccc12. The minimum absolute atomic E-state index is 0.0795. The van der Waals surface area contributed by atoms with E-state index < -0.39 is 0 Å². The zero-order chi connectivity index (χ0) is 18.5. The first kappa shape index (κ1) is 17.3. The van der Waals surface area contributed by atoms with Gasteiger partial charge in [-0.25, -0.2) is 0 Å². The van der Waals surface area contributed by atoms with E-state index in [0.29, 0.717) is 6.54 Å². The average molecular weight is 372 g/mol. The summed E-state index contributed by atoms with van der Waals surface area (Å²) in [5.74, 6) is 0.00519. The number of aromatic nitrogens is 1. The first-order chi connectivity index (χ1) is 13.3. The molecule has 0 saturated carbocycles. The number of carbonyl (C=O) groups is 1. The quantitative estimate of drug-likeness (QED) is 0.450. The molecule has 0 radical (unpaired) electrons. The van der Waals surface area contributed by atoms with E-state index in [4.69, 9.17) is 0 Å². The molecule has 0 saturated heterocycles. The van der Waals surface area contributed by atoms with Crippen LogP contribution >= 0.6 is 11.3 Å². The highest BCUT2D eigenvalue weighted by Gasteiger charge is 2.18. The number of nitrogens with one attached hydrogen (secondary N) is 2. The van der Waals surface area contributed by atoms with Crippen molar-refractivity contribution in [3.8, 4) is 0 Å². The third kappa shape index (κ3) is 4.01. The van der Waals surface area contributed by atoms with Crippen molar-refractivity contribution in [1.82, 2.24) is 10.3 Å². The summed E-state index contributed by atoms with van der Waals surface area (Å²) >= 11 is 1.61. The molecule has 4 heteroatoms. The molecule has 4 aromatic rings. The van der Waals surface area contributed by atoms with Crippen molar-refractivity contribution in [3.63, 3.8) is 0 Å². The van der Waals surface area contributed by atoms with E-state index in [1.165, 1.54) is 16.5 Å². The number of rotatable bonds is 6. The summed E-state index contributed by atoms with van der Waals surface area (Å²) in [6.07, 6.45) is 5.50. The molecule has 27 heavy (non-hydrogen) atoms. The molecule has 0 fully saturated rings. The summed E-state index contributed by atoms with van der Waals surface area (Å²) in [5, 5.41) is 6.25. The molecule has 0 unspecified atom stereocenters. The highest BCUT2D eigenvalue weighted by atomic mass is 32.1. The van der Waals surface area contributed by atoms with Crippen LogP contribution in [-0.2, 0) is 4.79 Å². The summed E-state index contributed by atoms with van der Waals surface area (Å²) < 4.78 is 0. The largest absolute Gasteiger partial charge is 0.361 e. The van der Waals surface area contributed by atoms with E-state index in [0.717, 1.165) is 10.4 Å². The molecular formula is C23H20N2OS. The number of thiophene rings is 1. The van der Waals surface area contributed by atoms with Gasteiger partial charge in [-0.05, 0) is 34.7 Å². The molecule has 1 atom stereocenters. The zero-order valence-electron chi connectivity index (χ0n) is 14.8. The molecule has 0 spiro atoms. The number of hydrogen-bond donors (Lipinski definition) is 2. The van der Waals surface area contributed by atoms with Crippen LogP contribution < -0.4 is 5.32 Å². The van der Waals surface area contributed by atoms with E-state index in [2.05, 4.69) is 40.8 Å². The summed E-state index contributed by atoms with van der Waals surface area (Å²) in [6.45, 7) is 0.541. The van der Waals surface area contributed by atoms with E-state index >= 15 is 0 Å². The Bertz CT molecular complexity index is 1050. The molecule has 3 nitrogen and oxygen atoms in total. The smallest absolute Gasteiger partial charge is 0.244 e. The van der Waals surface area contributed by atoms with E-state index in [-0.39, 0.29) is 11.8 Å². The van der Waals surface area contributed by atoms with Crippen molar-refractivity contribution in [2.45, 2.75) is 5.92 Å². The lowest BCUT2D eigenvalue weighted by Crippen LogP contribution is -2.27. The van der Waals surface area contributed by atoms with Gasteiger partial charge in [0.25, 0.3) is 0 Å². The van der Waals surface area contributed by atoms with Crippen LogP contribution in [0.2, 0.25) is 0 Å². The molecule has 0 aliphatic heterocycles. The number of H-pyrrole nitrogens is 1. The van der Waals surface area contributed by atoms with E-state index in [9.17, 15) is 4.79 Å². The molecule has 134 valence electrons. The third-order valence-electron chi connectivity index (χ3n) is 4.62. The molecule has 2 heterocycles. The number of amides is 1. The highest BCUT2D eigenvalue weighted by molar-refractivity contribution is 7.10. The van der Waals surface area contributed by atoms with Crippen LogP contribution in [0.25, 0.3) is 17.0 Å². The van der Waals surface area contributed by atoms with Crippen molar-refractivity contribution in [1.29, 1.82) is 0 Å². The van der Waals surface area contributed by atoms with Crippen LogP contribution in [-0.4, -0.2) is 17.4 Å². The van der Waals surface area contributed by atoms with E-state index in [1.54, 1.807) is 17.4 Å². The molecular weight excluding hydrogens is 352 g/mol. The second-order valence-electron chi connectivity index (χ2n) is 6.35. The Balaban J connectivity index is 1.57. The number of benzene rings is 2. The maximum absolute atomic E-state index is 12.3. The van der Waals surface area contributed by atoms with Gasteiger partial charge in [0.15, 0.2) is 0 Å². The summed E-state index contributed by atoms with van der Waals surface area (Å²) in [7, 11) is 0. The second-order valence-corrected chi connectivity index (χ2v) is 7.33. The average Bonchev–Trinajstić information content (AvgIpc) is 3.38. The van der Waals surface area contributed by atoms with Crippen LogP contribution in [0.4, 0.5) is 0 Å². The van der Waals surface area contributed by atoms with Crippen molar-refractivity contribution in [3.05, 3.63) is 100 Å². The topological polar surface area (TPSA) is 44.9 Å². The number of fused-ring (bicyclic) bond motifs is 1. The maximum atomic E-state index is 12.3. The normalized spacial score (nSPS) is 12.4. The van der Waals surface area contributed by atoms with Gasteiger partial charge >= 0.3 is 0 Å². The third-order valence-corrected chi connectivity index (χ3v) is 5.46. The first-order valence-electron chi connectivity index (χ1n) is 8.91. The van der Waals surface area contributed by atoms with Crippen LogP contribution in [0, 0.1) is 0 Å². The lowest BCUT2D eigenvalue weighted by atomic mass is 9.91. The Morgan fingerprint density at radius 3 is 2.67 bits per heavy atom. The number of hydrogen-bond acceptors (Lipinski definition) is 2. The van der Waals surface area contributed by atoms with Crippen molar-refractivity contribution < 1.29 is 4.79 Å². The lowest BCUT2D eigenvalue weighted by Gasteiger charge is -2.17. The molecule has 2 aromatic heterocycles. The molecule has 0 aliphatic carbocycles. The maximum Gasteiger partial charge on any atom is 0.244 e. The van der Waals surface area contributed by atoms with Gasteiger partial charge in [0, 0.05) is 40.5 Å². The Labute approximate surface area is 162 Å². The van der Waals surface area contributed by atoms with Gasteiger partial charge in [0.05, 0.1) is 0 Å². The fourth-order valence-electron chi connectivity index (χ4n) is 3.28. The van der Waals surface area contributed by atoms with Crippen LogP contribution in [0.5, 0.6) is 0 Å². The van der Waals surface area contributed by atoms with Crippen LogP contribution in [0.15, 0.2) is 84.4 Å². The summed E-state index contributed by atoms with van der Waals surface area (Å²) in [4.78, 5) is 16.7. The fourth-order valence-corrected chi connectivity index (χ4v) is 3.90. The minimum atomic E-state index is -0.0795. The molecule has 0 aliphatic rings. The van der Waals surface area contributed by atoms with E-state index in [1.807, 2.05) is 53.9 Å². The van der Waals surface area contributed by atoms with Crippen LogP contribution in [0.1, 0.15) is 21.9 Å². The van der Waals surface area contributed by atoms with Gasteiger partial charge in [-0.2, -0.15) is 0 Å². The van der Waals surface area contributed by atoms with Gasteiger partial charge < -0.3 is 10.3 Å². The monoisotopic (exact) mass is 372 g/mol. The Morgan fingerprint density at radius 1 is 1.04 bits per heavy atom.